The lowest BCUT2D eigenvalue weighted by molar-refractivity contribution is -0.384. The highest BCUT2D eigenvalue weighted by Crippen LogP contribution is 2.38. The Labute approximate surface area is 246 Å². The van der Waals surface area contributed by atoms with Crippen LogP contribution in [-0.2, 0) is 42.8 Å². The molecular formula is C28H48O14. The fourth-order valence-corrected chi connectivity index (χ4v) is 4.62. The fourth-order valence-electron chi connectivity index (χ4n) is 4.62. The first kappa shape index (κ1) is 36.3. The molecule has 2 fully saturated rings. The molecule has 0 bridgehead atoms. The van der Waals surface area contributed by atoms with Gasteiger partial charge in [0.2, 0.25) is 12.1 Å². The molecule has 12 atom stereocenters. The molecule has 0 aromatic carbocycles. The standard InChI is InChI=1S/C28H48O14/c1-7-10-16(6)26(36)40-22-21(39-25(35)15(5)9-3)20(38-24(34)14(4)8-2)18(12-30)37-27(22)42-28(13-31)23(33)19(32)17(11-29)41-28/h14-23,27,29-33H,7-13H2,1-6H3/t14?,15?,16?,17-,18-,19-,20-,21+,22-,23+,27-,28+/m1/s1. The van der Waals surface area contributed by atoms with Crippen molar-refractivity contribution in [2.45, 2.75) is 122 Å². The maximum atomic E-state index is 13.2. The molecule has 2 aliphatic rings. The molecule has 0 aliphatic carbocycles. The van der Waals surface area contributed by atoms with E-state index in [1.807, 2.05) is 6.92 Å². The minimum absolute atomic E-state index is 0.398. The van der Waals surface area contributed by atoms with Crippen LogP contribution in [0.5, 0.6) is 0 Å². The molecular weight excluding hydrogens is 560 g/mol. The number of aliphatic hydroxyl groups excluding tert-OH is 5. The average molecular weight is 609 g/mol. The Hall–Kier alpha value is -1.91. The third-order valence-electron chi connectivity index (χ3n) is 7.90. The van der Waals surface area contributed by atoms with Crippen LogP contribution in [0.15, 0.2) is 0 Å². The molecule has 0 radical (unpaired) electrons. The van der Waals surface area contributed by atoms with Gasteiger partial charge in [-0.25, -0.2) is 0 Å². The van der Waals surface area contributed by atoms with Crippen molar-refractivity contribution in [3.63, 3.8) is 0 Å². The number of rotatable bonds is 15. The van der Waals surface area contributed by atoms with Crippen LogP contribution in [0.4, 0.5) is 0 Å². The number of aliphatic hydroxyl groups is 5. The summed E-state index contributed by atoms with van der Waals surface area (Å²) >= 11 is 0. The van der Waals surface area contributed by atoms with Crippen LogP contribution in [-0.4, -0.2) is 118 Å². The van der Waals surface area contributed by atoms with Gasteiger partial charge in [0.25, 0.3) is 0 Å². The fraction of sp³-hybridized carbons (Fsp3) is 0.893. The van der Waals surface area contributed by atoms with E-state index in [-0.39, 0.29) is 0 Å². The normalized spacial score (nSPS) is 35.2. The number of hydrogen-bond donors (Lipinski definition) is 5. The second kappa shape index (κ2) is 16.2. The number of carbonyl (C=O) groups excluding carboxylic acids is 3. The topological polar surface area (TPSA) is 208 Å². The lowest BCUT2D eigenvalue weighted by Gasteiger charge is -2.46. The number of esters is 3. The summed E-state index contributed by atoms with van der Waals surface area (Å²) in [5.41, 5.74) is 0. The summed E-state index contributed by atoms with van der Waals surface area (Å²) in [4.78, 5) is 39.1. The van der Waals surface area contributed by atoms with Crippen molar-refractivity contribution in [1.82, 2.24) is 0 Å². The van der Waals surface area contributed by atoms with Crippen LogP contribution in [0.3, 0.4) is 0 Å². The van der Waals surface area contributed by atoms with Crippen LogP contribution >= 0.6 is 0 Å². The van der Waals surface area contributed by atoms with Crippen LogP contribution in [0.2, 0.25) is 0 Å². The highest BCUT2D eigenvalue weighted by atomic mass is 16.8. The monoisotopic (exact) mass is 608 g/mol. The van der Waals surface area contributed by atoms with Crippen molar-refractivity contribution >= 4 is 17.9 Å². The molecule has 0 spiro atoms. The van der Waals surface area contributed by atoms with Gasteiger partial charge in [-0.05, 0) is 19.3 Å². The van der Waals surface area contributed by atoms with E-state index in [1.165, 1.54) is 0 Å². The van der Waals surface area contributed by atoms with Crippen molar-refractivity contribution in [2.75, 3.05) is 19.8 Å². The van der Waals surface area contributed by atoms with Crippen molar-refractivity contribution in [2.24, 2.45) is 17.8 Å². The van der Waals surface area contributed by atoms with Gasteiger partial charge in [-0.15, -0.1) is 0 Å². The van der Waals surface area contributed by atoms with Crippen LogP contribution < -0.4 is 0 Å². The largest absolute Gasteiger partial charge is 0.455 e. The van der Waals surface area contributed by atoms with Gasteiger partial charge in [-0.3, -0.25) is 14.4 Å². The predicted molar refractivity (Wildman–Crippen MR) is 143 cm³/mol. The summed E-state index contributed by atoms with van der Waals surface area (Å²) in [6.07, 6.45) is -10.8. The van der Waals surface area contributed by atoms with E-state index in [9.17, 15) is 39.9 Å². The minimum atomic E-state index is -2.37. The van der Waals surface area contributed by atoms with Gasteiger partial charge in [0.05, 0.1) is 31.0 Å². The summed E-state index contributed by atoms with van der Waals surface area (Å²) in [6.45, 7) is 7.74. The molecule has 2 heterocycles. The molecule has 2 rings (SSSR count). The second-order valence-electron chi connectivity index (χ2n) is 11.1. The van der Waals surface area contributed by atoms with Gasteiger partial charge in [-0.2, -0.15) is 0 Å². The van der Waals surface area contributed by atoms with Gasteiger partial charge >= 0.3 is 17.9 Å². The number of ether oxygens (including phenoxy) is 6. The number of carbonyl (C=O) groups is 3. The van der Waals surface area contributed by atoms with E-state index in [1.54, 1.807) is 34.6 Å². The van der Waals surface area contributed by atoms with Gasteiger partial charge in [-0.1, -0.05) is 48.0 Å². The summed E-state index contributed by atoms with van der Waals surface area (Å²) in [5, 5.41) is 51.1. The van der Waals surface area contributed by atoms with E-state index in [4.69, 9.17) is 28.4 Å². The Morgan fingerprint density at radius 3 is 1.71 bits per heavy atom. The maximum Gasteiger partial charge on any atom is 0.309 e. The molecule has 0 aromatic rings. The van der Waals surface area contributed by atoms with Crippen LogP contribution in [0, 0.1) is 17.8 Å². The predicted octanol–water partition coefficient (Wildman–Crippen LogP) is -0.214. The van der Waals surface area contributed by atoms with Crippen LogP contribution in [0.1, 0.15) is 67.2 Å². The lowest BCUT2D eigenvalue weighted by atomic mass is 9.96. The average Bonchev–Trinajstić information content (AvgIpc) is 3.23. The molecule has 42 heavy (non-hydrogen) atoms. The first-order valence-corrected chi connectivity index (χ1v) is 14.7. The highest BCUT2D eigenvalue weighted by Gasteiger charge is 2.60. The summed E-state index contributed by atoms with van der Waals surface area (Å²) in [7, 11) is 0. The SMILES string of the molecule is CCCC(C)C(=O)O[C@H]1[C@@H](O[C@]2(CO)O[C@H](CO)[C@@H](O)[C@@H]2O)O[C@H](CO)[C@@H](OC(=O)C(C)CC)[C@@H]1OC(=O)C(C)CC. The molecule has 244 valence electrons. The van der Waals surface area contributed by atoms with Crippen molar-refractivity contribution < 1.29 is 68.3 Å². The molecule has 2 aliphatic heterocycles. The quantitative estimate of drug-likeness (QED) is 0.120. The zero-order valence-corrected chi connectivity index (χ0v) is 25.2. The Morgan fingerprint density at radius 2 is 1.26 bits per heavy atom. The highest BCUT2D eigenvalue weighted by molar-refractivity contribution is 5.74. The molecule has 2 saturated heterocycles. The van der Waals surface area contributed by atoms with Crippen LogP contribution in [0.25, 0.3) is 0 Å². The summed E-state index contributed by atoms with van der Waals surface area (Å²) in [6, 6.07) is 0. The summed E-state index contributed by atoms with van der Waals surface area (Å²) in [5.74, 6) is -6.26. The van der Waals surface area contributed by atoms with Gasteiger partial charge in [0.15, 0.2) is 18.3 Å². The summed E-state index contributed by atoms with van der Waals surface area (Å²) < 4.78 is 34.5. The molecule has 0 aromatic heterocycles. The van der Waals surface area contributed by atoms with Gasteiger partial charge in [0.1, 0.15) is 31.0 Å². The minimum Gasteiger partial charge on any atom is -0.455 e. The van der Waals surface area contributed by atoms with Crippen molar-refractivity contribution in [1.29, 1.82) is 0 Å². The lowest BCUT2D eigenvalue weighted by Crippen LogP contribution is -2.65. The third kappa shape index (κ3) is 8.17. The Bertz CT molecular complexity index is 885. The molecule has 0 saturated carbocycles. The van der Waals surface area contributed by atoms with E-state index >= 15 is 0 Å². The van der Waals surface area contributed by atoms with Crippen molar-refractivity contribution in [3.8, 4) is 0 Å². The van der Waals surface area contributed by atoms with E-state index in [0.717, 1.165) is 0 Å². The van der Waals surface area contributed by atoms with Gasteiger partial charge < -0.3 is 54.0 Å². The second-order valence-corrected chi connectivity index (χ2v) is 11.1. The van der Waals surface area contributed by atoms with Gasteiger partial charge in [0, 0.05) is 0 Å². The van der Waals surface area contributed by atoms with E-state index in [0.29, 0.717) is 25.7 Å². The Kier molecular flexibility index (Phi) is 14.0. The first-order valence-electron chi connectivity index (χ1n) is 14.7. The Morgan fingerprint density at radius 1 is 0.762 bits per heavy atom. The first-order chi connectivity index (χ1) is 19.8. The smallest absolute Gasteiger partial charge is 0.309 e. The molecule has 3 unspecified atom stereocenters. The molecule has 14 nitrogen and oxygen atoms in total. The maximum absolute atomic E-state index is 13.2. The van der Waals surface area contributed by atoms with Crippen molar-refractivity contribution in [3.05, 3.63) is 0 Å². The zero-order chi connectivity index (χ0) is 31.8. The molecule has 14 heteroatoms. The van der Waals surface area contributed by atoms with E-state index < -0.39 is 110 Å². The van der Waals surface area contributed by atoms with E-state index in [2.05, 4.69) is 0 Å². The molecule has 0 amide bonds. The zero-order valence-electron chi connectivity index (χ0n) is 25.2. The number of hydrogen-bond acceptors (Lipinski definition) is 14. The molecule has 5 N–H and O–H groups in total. The third-order valence-corrected chi connectivity index (χ3v) is 7.90. The Balaban J connectivity index is 2.62.